The summed E-state index contributed by atoms with van der Waals surface area (Å²) >= 11 is 0. The number of rotatable bonds is 5. The van der Waals surface area contributed by atoms with Gasteiger partial charge in [-0.25, -0.2) is 0 Å². The molecule has 0 N–H and O–H groups in total. The van der Waals surface area contributed by atoms with Crippen molar-refractivity contribution in [1.29, 1.82) is 0 Å². The zero-order chi connectivity index (χ0) is 12.8. The second-order valence-electron chi connectivity index (χ2n) is 5.56. The quantitative estimate of drug-likeness (QED) is 0.547. The van der Waals surface area contributed by atoms with Crippen LogP contribution in [-0.2, 0) is 9.53 Å². The molecule has 0 spiro atoms. The van der Waals surface area contributed by atoms with Gasteiger partial charge in [0.2, 0.25) is 0 Å². The predicted octanol–water partition coefficient (Wildman–Crippen LogP) is 2.70. The minimum atomic E-state index is -0.0633. The lowest BCUT2D eigenvalue weighted by Crippen LogP contribution is -2.48. The number of hydrogen-bond donors (Lipinski definition) is 0. The van der Waals surface area contributed by atoms with Crippen molar-refractivity contribution in [1.82, 2.24) is 4.90 Å². The molecule has 1 fully saturated rings. The fraction of sp³-hybridized carbons (Fsp3) is 0.929. The Morgan fingerprint density at radius 3 is 2.71 bits per heavy atom. The molecule has 1 rings (SSSR count). The molecule has 3 nitrogen and oxygen atoms in total. The maximum Gasteiger partial charge on any atom is 0.320 e. The largest absolute Gasteiger partial charge is 0.465 e. The van der Waals surface area contributed by atoms with Gasteiger partial charge in [0, 0.05) is 12.6 Å². The van der Waals surface area contributed by atoms with Crippen LogP contribution in [0, 0.1) is 11.8 Å². The van der Waals surface area contributed by atoms with Crippen LogP contribution in [0.25, 0.3) is 0 Å². The number of esters is 1. The van der Waals surface area contributed by atoms with Crippen molar-refractivity contribution >= 4 is 5.97 Å². The van der Waals surface area contributed by atoms with E-state index >= 15 is 0 Å². The van der Waals surface area contributed by atoms with Gasteiger partial charge in [-0.3, -0.25) is 9.69 Å². The molecule has 0 saturated carbocycles. The van der Waals surface area contributed by atoms with E-state index in [1.807, 2.05) is 0 Å². The summed E-state index contributed by atoms with van der Waals surface area (Å²) in [6.45, 7) is 10.9. The summed E-state index contributed by atoms with van der Waals surface area (Å²) in [5.41, 5.74) is 0. The van der Waals surface area contributed by atoms with Crippen LogP contribution in [0.5, 0.6) is 0 Å². The minimum absolute atomic E-state index is 0.0633. The second-order valence-corrected chi connectivity index (χ2v) is 5.56. The van der Waals surface area contributed by atoms with Crippen LogP contribution in [0.15, 0.2) is 0 Å². The van der Waals surface area contributed by atoms with E-state index < -0.39 is 0 Å². The highest BCUT2D eigenvalue weighted by molar-refractivity contribution is 5.71. The van der Waals surface area contributed by atoms with Crippen molar-refractivity contribution in [2.45, 2.75) is 53.0 Å². The topological polar surface area (TPSA) is 29.5 Å². The fourth-order valence-electron chi connectivity index (χ4n) is 2.58. The molecule has 3 heteroatoms. The van der Waals surface area contributed by atoms with Crippen LogP contribution in [0.3, 0.4) is 0 Å². The maximum atomic E-state index is 11.7. The first-order valence-electron chi connectivity index (χ1n) is 6.94. The van der Waals surface area contributed by atoms with Crippen molar-refractivity contribution in [2.24, 2.45) is 11.8 Å². The molecule has 0 aromatic rings. The smallest absolute Gasteiger partial charge is 0.320 e. The van der Waals surface area contributed by atoms with Crippen molar-refractivity contribution in [3.8, 4) is 0 Å². The van der Waals surface area contributed by atoms with Crippen LogP contribution in [0.2, 0.25) is 0 Å². The van der Waals surface area contributed by atoms with Crippen LogP contribution >= 0.6 is 0 Å². The third kappa shape index (κ3) is 4.66. The molecule has 0 aliphatic carbocycles. The molecule has 1 aliphatic rings. The van der Waals surface area contributed by atoms with Gasteiger partial charge in [0.1, 0.15) is 0 Å². The summed E-state index contributed by atoms with van der Waals surface area (Å²) < 4.78 is 5.22. The van der Waals surface area contributed by atoms with E-state index in [2.05, 4.69) is 32.6 Å². The van der Waals surface area contributed by atoms with E-state index in [0.29, 0.717) is 31.0 Å². The molecule has 3 unspecified atom stereocenters. The van der Waals surface area contributed by atoms with Crippen molar-refractivity contribution < 1.29 is 9.53 Å². The van der Waals surface area contributed by atoms with E-state index in [-0.39, 0.29) is 5.97 Å². The number of ether oxygens (including phenoxy) is 1. The van der Waals surface area contributed by atoms with Gasteiger partial charge >= 0.3 is 5.97 Å². The Labute approximate surface area is 106 Å². The number of unbranched alkanes of at least 4 members (excludes halogenated alkanes) is 1. The molecule has 17 heavy (non-hydrogen) atoms. The maximum absolute atomic E-state index is 11.7. The summed E-state index contributed by atoms with van der Waals surface area (Å²) in [5, 5.41) is 0. The molecule has 1 aliphatic heterocycles. The first kappa shape index (κ1) is 14.5. The molecule has 1 saturated heterocycles. The Morgan fingerprint density at radius 2 is 2.06 bits per heavy atom. The van der Waals surface area contributed by atoms with Crippen molar-refractivity contribution in [3.05, 3.63) is 0 Å². The van der Waals surface area contributed by atoms with E-state index in [1.165, 1.54) is 6.42 Å². The van der Waals surface area contributed by atoms with Gasteiger partial charge in [-0.1, -0.05) is 27.2 Å². The number of nitrogens with zero attached hydrogens (tertiary/aromatic N) is 1. The molecule has 0 amide bonds. The average Bonchev–Trinajstić information content (AvgIpc) is 2.25. The Morgan fingerprint density at radius 1 is 1.35 bits per heavy atom. The van der Waals surface area contributed by atoms with Crippen molar-refractivity contribution in [3.63, 3.8) is 0 Å². The van der Waals surface area contributed by atoms with Crippen LogP contribution in [0.1, 0.15) is 47.0 Å². The van der Waals surface area contributed by atoms with Crippen LogP contribution < -0.4 is 0 Å². The summed E-state index contributed by atoms with van der Waals surface area (Å²) in [6, 6.07) is 0.491. The van der Waals surface area contributed by atoms with Crippen LogP contribution in [0.4, 0.5) is 0 Å². The molecular formula is C14H27NO2. The van der Waals surface area contributed by atoms with Gasteiger partial charge in [-0.05, 0) is 31.6 Å². The molecule has 3 atom stereocenters. The first-order chi connectivity index (χ1) is 8.04. The third-order valence-corrected chi connectivity index (χ3v) is 3.81. The van der Waals surface area contributed by atoms with E-state index in [1.54, 1.807) is 0 Å². The molecule has 0 radical (unpaired) electrons. The summed E-state index contributed by atoms with van der Waals surface area (Å²) in [6.07, 6.45) is 3.30. The van der Waals surface area contributed by atoms with Gasteiger partial charge in [0.15, 0.2) is 0 Å². The number of carbonyl (C=O) groups is 1. The van der Waals surface area contributed by atoms with E-state index in [9.17, 15) is 4.79 Å². The van der Waals surface area contributed by atoms with E-state index in [0.717, 1.165) is 19.4 Å². The van der Waals surface area contributed by atoms with Crippen LogP contribution in [-0.4, -0.2) is 36.6 Å². The highest BCUT2D eigenvalue weighted by Crippen LogP contribution is 2.26. The molecule has 0 aromatic heterocycles. The number of piperidine rings is 1. The Balaban J connectivity index is 2.35. The molecule has 100 valence electrons. The number of carbonyl (C=O) groups excluding carboxylic acids is 1. The number of hydrogen-bond acceptors (Lipinski definition) is 3. The number of likely N-dealkylation sites (tertiary alicyclic amines) is 1. The monoisotopic (exact) mass is 241 g/mol. The molecular weight excluding hydrogens is 214 g/mol. The average molecular weight is 241 g/mol. The van der Waals surface area contributed by atoms with Gasteiger partial charge in [0.05, 0.1) is 13.2 Å². The van der Waals surface area contributed by atoms with E-state index in [4.69, 9.17) is 4.74 Å². The Kier molecular flexibility index (Phi) is 5.96. The minimum Gasteiger partial charge on any atom is -0.465 e. The lowest BCUT2D eigenvalue weighted by molar-refractivity contribution is -0.146. The SMILES string of the molecule is CCCCOC(=O)CN1CC(C)CC(C)C1C. The molecule has 0 aromatic carbocycles. The second kappa shape index (κ2) is 7.00. The lowest BCUT2D eigenvalue weighted by Gasteiger charge is -2.40. The molecule has 0 bridgehead atoms. The molecule has 1 heterocycles. The van der Waals surface area contributed by atoms with Crippen molar-refractivity contribution in [2.75, 3.05) is 19.7 Å². The first-order valence-corrected chi connectivity index (χ1v) is 6.94. The van der Waals surface area contributed by atoms with Gasteiger partial charge in [0.25, 0.3) is 0 Å². The summed E-state index contributed by atoms with van der Waals surface area (Å²) in [5.74, 6) is 1.29. The Bertz CT molecular complexity index is 242. The summed E-state index contributed by atoms with van der Waals surface area (Å²) in [4.78, 5) is 14.0. The van der Waals surface area contributed by atoms with Gasteiger partial charge < -0.3 is 4.74 Å². The lowest BCUT2D eigenvalue weighted by atomic mass is 9.86. The standard InChI is InChI=1S/C14H27NO2/c1-5-6-7-17-14(16)10-15-9-11(2)8-12(3)13(15)4/h11-13H,5-10H2,1-4H3. The third-order valence-electron chi connectivity index (χ3n) is 3.81. The normalized spacial score (nSPS) is 30.2. The highest BCUT2D eigenvalue weighted by Gasteiger charge is 2.30. The summed E-state index contributed by atoms with van der Waals surface area (Å²) in [7, 11) is 0. The van der Waals surface area contributed by atoms with Gasteiger partial charge in [-0.15, -0.1) is 0 Å². The fourth-order valence-corrected chi connectivity index (χ4v) is 2.58. The zero-order valence-corrected chi connectivity index (χ0v) is 11.7. The van der Waals surface area contributed by atoms with Gasteiger partial charge in [-0.2, -0.15) is 0 Å². The predicted molar refractivity (Wildman–Crippen MR) is 69.8 cm³/mol. The highest BCUT2D eigenvalue weighted by atomic mass is 16.5. The Hall–Kier alpha value is -0.570. The zero-order valence-electron chi connectivity index (χ0n) is 11.7.